The average molecular weight is 356 g/mol. The topological polar surface area (TPSA) is 69.2 Å². The van der Waals surface area contributed by atoms with Crippen LogP contribution in [0.15, 0.2) is 18.2 Å². The van der Waals surface area contributed by atoms with Crippen LogP contribution < -0.4 is 14.8 Å². The van der Waals surface area contributed by atoms with E-state index in [1.165, 1.54) is 19.2 Å². The molecule has 2 rings (SSSR count). The Labute approximate surface area is 143 Å². The summed E-state index contributed by atoms with van der Waals surface area (Å²) in [6.07, 6.45) is -3.01. The number of aryl methyl sites for hydroxylation is 2. The number of anilines is 2. The van der Waals surface area contributed by atoms with E-state index < -0.39 is 12.8 Å². The molecule has 1 N–H and O–H groups in total. The number of nitrogens with zero attached hydrogens (tertiary/aromatic N) is 3. The van der Waals surface area contributed by atoms with Gasteiger partial charge in [0, 0.05) is 11.8 Å². The number of methoxy groups -OCH3 is 1. The van der Waals surface area contributed by atoms with Gasteiger partial charge >= 0.3 is 6.18 Å². The molecule has 0 radical (unpaired) electrons. The van der Waals surface area contributed by atoms with Crippen LogP contribution >= 0.6 is 0 Å². The summed E-state index contributed by atoms with van der Waals surface area (Å²) in [5, 5.41) is 11.0. The first-order valence-corrected chi connectivity index (χ1v) is 7.73. The fourth-order valence-corrected chi connectivity index (χ4v) is 2.15. The molecule has 0 aliphatic rings. The third kappa shape index (κ3) is 5.20. The van der Waals surface area contributed by atoms with Crippen LogP contribution in [0.5, 0.6) is 11.5 Å². The van der Waals surface area contributed by atoms with Gasteiger partial charge in [-0.05, 0) is 25.0 Å². The molecule has 2 aromatic rings. The summed E-state index contributed by atoms with van der Waals surface area (Å²) >= 11 is 0. The zero-order valence-electron chi connectivity index (χ0n) is 14.1. The van der Waals surface area contributed by atoms with Crippen LogP contribution in [0.3, 0.4) is 0 Å². The van der Waals surface area contributed by atoms with Crippen molar-refractivity contribution in [1.82, 2.24) is 15.2 Å². The van der Waals surface area contributed by atoms with Crippen molar-refractivity contribution < 1.29 is 22.6 Å². The molecule has 0 unspecified atom stereocenters. The van der Waals surface area contributed by atoms with Crippen LogP contribution in [0.2, 0.25) is 0 Å². The maximum Gasteiger partial charge on any atom is 0.422 e. The lowest BCUT2D eigenvalue weighted by Crippen LogP contribution is -2.19. The largest absolute Gasteiger partial charge is 0.493 e. The molecule has 0 saturated carbocycles. The Morgan fingerprint density at radius 3 is 2.36 bits per heavy atom. The molecular formula is C16H19F3N4O2. The molecule has 1 heterocycles. The minimum atomic E-state index is -4.44. The van der Waals surface area contributed by atoms with E-state index >= 15 is 0 Å². The second-order valence-corrected chi connectivity index (χ2v) is 5.13. The zero-order valence-corrected chi connectivity index (χ0v) is 14.1. The molecular weight excluding hydrogens is 337 g/mol. The lowest BCUT2D eigenvalue weighted by molar-refractivity contribution is -0.153. The lowest BCUT2D eigenvalue weighted by Gasteiger charge is -2.14. The van der Waals surface area contributed by atoms with E-state index in [-0.39, 0.29) is 17.4 Å². The highest BCUT2D eigenvalue weighted by molar-refractivity contribution is 5.59. The second kappa shape index (κ2) is 8.00. The molecule has 1 aromatic carbocycles. The van der Waals surface area contributed by atoms with Crippen LogP contribution in [0.4, 0.5) is 24.8 Å². The Morgan fingerprint density at radius 2 is 1.76 bits per heavy atom. The van der Waals surface area contributed by atoms with Gasteiger partial charge in [0.05, 0.1) is 18.5 Å². The molecule has 6 nitrogen and oxygen atoms in total. The Bertz CT molecular complexity index is 723. The van der Waals surface area contributed by atoms with E-state index in [2.05, 4.69) is 20.5 Å². The first-order valence-electron chi connectivity index (χ1n) is 7.73. The number of benzene rings is 1. The normalized spacial score (nSPS) is 11.3. The number of hydrogen-bond acceptors (Lipinski definition) is 6. The third-order valence-electron chi connectivity index (χ3n) is 3.32. The van der Waals surface area contributed by atoms with Crippen LogP contribution in [0.1, 0.15) is 25.2 Å². The van der Waals surface area contributed by atoms with Crippen molar-refractivity contribution in [2.75, 3.05) is 19.0 Å². The summed E-state index contributed by atoms with van der Waals surface area (Å²) < 4.78 is 46.9. The maximum atomic E-state index is 12.4. The fraction of sp³-hybridized carbons (Fsp3) is 0.438. The van der Waals surface area contributed by atoms with Gasteiger partial charge in [0.2, 0.25) is 5.95 Å². The van der Waals surface area contributed by atoms with Gasteiger partial charge in [-0.15, -0.1) is 10.2 Å². The molecule has 9 heteroatoms. The van der Waals surface area contributed by atoms with Crippen molar-refractivity contribution in [3.8, 4) is 11.5 Å². The first kappa shape index (κ1) is 18.8. The summed E-state index contributed by atoms with van der Waals surface area (Å²) in [5.41, 5.74) is 2.10. The van der Waals surface area contributed by atoms with Crippen LogP contribution in [-0.4, -0.2) is 35.1 Å². The number of alkyl halides is 3. The van der Waals surface area contributed by atoms with Gasteiger partial charge in [0.1, 0.15) is 0 Å². The minimum Gasteiger partial charge on any atom is -0.493 e. The highest BCUT2D eigenvalue weighted by atomic mass is 19.4. The van der Waals surface area contributed by atoms with Crippen molar-refractivity contribution in [2.24, 2.45) is 0 Å². The SMILES string of the molecule is CCc1nnc(Nc2ccc(OC)c(OCC(F)(F)F)c2)nc1CC. The molecule has 0 fully saturated rings. The molecule has 136 valence electrons. The Balaban J connectivity index is 2.22. The molecule has 1 aromatic heterocycles. The molecule has 0 atom stereocenters. The van der Waals surface area contributed by atoms with E-state index in [9.17, 15) is 13.2 Å². The van der Waals surface area contributed by atoms with Crippen LogP contribution in [0, 0.1) is 0 Å². The van der Waals surface area contributed by atoms with Gasteiger partial charge in [-0.3, -0.25) is 0 Å². The number of hydrogen-bond donors (Lipinski definition) is 1. The van der Waals surface area contributed by atoms with E-state index in [0.29, 0.717) is 12.1 Å². The molecule has 0 amide bonds. The summed E-state index contributed by atoms with van der Waals surface area (Å²) in [6.45, 7) is 2.52. The predicted molar refractivity (Wildman–Crippen MR) is 86.4 cm³/mol. The molecule has 0 spiro atoms. The number of halogens is 3. The predicted octanol–water partition coefficient (Wildman–Crippen LogP) is 3.69. The zero-order chi connectivity index (χ0) is 18.4. The Kier molecular flexibility index (Phi) is 6.00. The van der Waals surface area contributed by atoms with E-state index in [4.69, 9.17) is 9.47 Å². The maximum absolute atomic E-state index is 12.4. The van der Waals surface area contributed by atoms with Crippen molar-refractivity contribution in [1.29, 1.82) is 0 Å². The molecule has 0 bridgehead atoms. The van der Waals surface area contributed by atoms with Gasteiger partial charge in [-0.25, -0.2) is 4.98 Å². The van der Waals surface area contributed by atoms with Crippen molar-refractivity contribution >= 4 is 11.6 Å². The first-order chi connectivity index (χ1) is 11.9. The average Bonchev–Trinajstić information content (AvgIpc) is 2.59. The van der Waals surface area contributed by atoms with Gasteiger partial charge < -0.3 is 14.8 Å². The van der Waals surface area contributed by atoms with Gasteiger partial charge in [-0.1, -0.05) is 13.8 Å². The minimum absolute atomic E-state index is 0.0290. The highest BCUT2D eigenvalue weighted by Gasteiger charge is 2.29. The van der Waals surface area contributed by atoms with Gasteiger partial charge in [0.25, 0.3) is 0 Å². The van der Waals surface area contributed by atoms with Crippen LogP contribution in [0.25, 0.3) is 0 Å². The number of rotatable bonds is 7. The fourth-order valence-electron chi connectivity index (χ4n) is 2.15. The smallest absolute Gasteiger partial charge is 0.422 e. The van der Waals surface area contributed by atoms with Gasteiger partial charge in [0.15, 0.2) is 18.1 Å². The molecule has 0 aliphatic carbocycles. The highest BCUT2D eigenvalue weighted by Crippen LogP contribution is 2.32. The molecule has 0 saturated heterocycles. The molecule has 0 aliphatic heterocycles. The lowest BCUT2D eigenvalue weighted by atomic mass is 10.2. The summed E-state index contributed by atoms with van der Waals surface area (Å²) in [7, 11) is 1.35. The standard InChI is InChI=1S/C16H19F3N4O2/c1-4-11-12(5-2)22-23-15(21-11)20-10-6-7-13(24-3)14(8-10)25-9-16(17,18)19/h6-8H,4-5,9H2,1-3H3,(H,20,21,23). The Morgan fingerprint density at radius 1 is 1.04 bits per heavy atom. The number of aromatic nitrogens is 3. The monoisotopic (exact) mass is 356 g/mol. The summed E-state index contributed by atoms with van der Waals surface area (Å²) in [5.74, 6) is 0.434. The van der Waals surface area contributed by atoms with Gasteiger partial charge in [-0.2, -0.15) is 13.2 Å². The van der Waals surface area contributed by atoms with E-state index in [1.54, 1.807) is 6.07 Å². The summed E-state index contributed by atoms with van der Waals surface area (Å²) in [4.78, 5) is 4.38. The second-order valence-electron chi connectivity index (χ2n) is 5.13. The third-order valence-corrected chi connectivity index (χ3v) is 3.32. The number of ether oxygens (including phenoxy) is 2. The van der Waals surface area contributed by atoms with Crippen LogP contribution in [-0.2, 0) is 12.8 Å². The molecule has 25 heavy (non-hydrogen) atoms. The Hall–Kier alpha value is -2.58. The summed E-state index contributed by atoms with van der Waals surface area (Å²) in [6, 6.07) is 4.53. The van der Waals surface area contributed by atoms with Crippen molar-refractivity contribution in [3.63, 3.8) is 0 Å². The van der Waals surface area contributed by atoms with E-state index in [1.807, 2.05) is 13.8 Å². The van der Waals surface area contributed by atoms with Crippen molar-refractivity contribution in [2.45, 2.75) is 32.9 Å². The number of nitrogens with one attached hydrogen (secondary N) is 1. The van der Waals surface area contributed by atoms with Crippen molar-refractivity contribution in [3.05, 3.63) is 29.6 Å². The van der Waals surface area contributed by atoms with E-state index in [0.717, 1.165) is 17.8 Å². The quantitative estimate of drug-likeness (QED) is 0.816.